The summed E-state index contributed by atoms with van der Waals surface area (Å²) in [6, 6.07) is 3.61. The van der Waals surface area contributed by atoms with Gasteiger partial charge in [-0.3, -0.25) is 0 Å². The van der Waals surface area contributed by atoms with Gasteiger partial charge in [0, 0.05) is 11.6 Å². The highest BCUT2D eigenvalue weighted by Gasteiger charge is 2.23. The van der Waals surface area contributed by atoms with E-state index in [1.165, 1.54) is 0 Å². The lowest BCUT2D eigenvalue weighted by molar-refractivity contribution is 0.399. The summed E-state index contributed by atoms with van der Waals surface area (Å²) in [7, 11) is 0. The number of hydrogen-bond acceptors (Lipinski definition) is 5. The third kappa shape index (κ3) is 2.06. The number of nitrogens with zero attached hydrogens (tertiary/aromatic N) is 5. The predicted molar refractivity (Wildman–Crippen MR) is 74.7 cm³/mol. The summed E-state index contributed by atoms with van der Waals surface area (Å²) in [6.07, 6.45) is 0. The molecule has 0 saturated carbocycles. The molecule has 7 heteroatoms. The van der Waals surface area contributed by atoms with E-state index in [2.05, 4.69) is 41.2 Å². The fourth-order valence-corrected chi connectivity index (χ4v) is 2.22. The Balaban J connectivity index is 2.30. The molecule has 0 aliphatic carbocycles. The van der Waals surface area contributed by atoms with Crippen LogP contribution in [0.3, 0.4) is 0 Å². The number of halogens is 1. The summed E-state index contributed by atoms with van der Waals surface area (Å²) < 4.78 is 6.68. The smallest absolute Gasteiger partial charge is 0.207 e. The first-order chi connectivity index (χ1) is 9.36. The summed E-state index contributed by atoms with van der Waals surface area (Å²) in [5, 5.41) is 17.0. The first-order valence-electron chi connectivity index (χ1n) is 6.22. The number of hydrogen-bond donors (Lipinski definition) is 0. The van der Waals surface area contributed by atoms with Crippen LogP contribution in [-0.2, 0) is 5.41 Å². The van der Waals surface area contributed by atoms with E-state index in [0.29, 0.717) is 28.1 Å². The second kappa shape index (κ2) is 4.28. The molecule has 0 amide bonds. The molecule has 0 fully saturated rings. The molecule has 0 aromatic carbocycles. The molecular weight excluding hydrogens is 278 g/mol. The Kier molecular flexibility index (Phi) is 2.79. The topological polar surface area (TPSA) is 69.1 Å². The van der Waals surface area contributed by atoms with Crippen LogP contribution in [0.2, 0.25) is 5.15 Å². The fraction of sp³-hybridized carbons (Fsp3) is 0.385. The Morgan fingerprint density at radius 3 is 2.55 bits per heavy atom. The molecule has 0 bridgehead atoms. The largest absolute Gasteiger partial charge is 0.361 e. The molecule has 3 heterocycles. The van der Waals surface area contributed by atoms with Gasteiger partial charge >= 0.3 is 0 Å². The third-order valence-corrected chi connectivity index (χ3v) is 3.19. The Bertz CT molecular complexity index is 784. The first-order valence-corrected chi connectivity index (χ1v) is 6.60. The molecule has 3 aromatic rings. The number of aromatic nitrogens is 5. The van der Waals surface area contributed by atoms with Crippen LogP contribution in [0, 0.1) is 6.92 Å². The molecule has 104 valence electrons. The molecule has 6 nitrogen and oxygen atoms in total. The Labute approximate surface area is 120 Å². The quantitative estimate of drug-likeness (QED) is 0.689. The lowest BCUT2D eigenvalue weighted by Crippen LogP contribution is -2.14. The zero-order valence-electron chi connectivity index (χ0n) is 11.7. The number of fused-ring (bicyclic) bond motifs is 1. The molecule has 0 aliphatic rings. The standard InChI is InChI=1S/C13H14ClN5O/c1-7-5-9(18-20-7)12-16-15-11-8(13(2,3)4)6-10(14)17-19(11)12/h5-6H,1-4H3. The molecule has 0 atom stereocenters. The van der Waals surface area contributed by atoms with Crippen LogP contribution in [-0.4, -0.2) is 25.0 Å². The van der Waals surface area contributed by atoms with Gasteiger partial charge in [0.15, 0.2) is 16.5 Å². The van der Waals surface area contributed by atoms with Gasteiger partial charge in [0.1, 0.15) is 5.76 Å². The van der Waals surface area contributed by atoms with Crippen molar-refractivity contribution in [2.75, 3.05) is 0 Å². The summed E-state index contributed by atoms with van der Waals surface area (Å²) >= 11 is 6.12. The fourth-order valence-electron chi connectivity index (χ4n) is 2.03. The van der Waals surface area contributed by atoms with Gasteiger partial charge in [0.25, 0.3) is 0 Å². The van der Waals surface area contributed by atoms with Gasteiger partial charge in [-0.2, -0.15) is 9.61 Å². The van der Waals surface area contributed by atoms with Crippen molar-refractivity contribution >= 4 is 17.2 Å². The van der Waals surface area contributed by atoms with Crippen molar-refractivity contribution < 1.29 is 4.52 Å². The molecule has 0 radical (unpaired) electrons. The van der Waals surface area contributed by atoms with Crippen molar-refractivity contribution in [2.45, 2.75) is 33.1 Å². The molecule has 0 aliphatic heterocycles. The maximum absolute atomic E-state index is 6.12. The van der Waals surface area contributed by atoms with Crippen LogP contribution >= 0.6 is 11.6 Å². The van der Waals surface area contributed by atoms with Crippen LogP contribution in [0.5, 0.6) is 0 Å². The van der Waals surface area contributed by atoms with Crippen molar-refractivity contribution in [1.29, 1.82) is 0 Å². The zero-order chi connectivity index (χ0) is 14.5. The lowest BCUT2D eigenvalue weighted by Gasteiger charge is -2.19. The van der Waals surface area contributed by atoms with Crippen LogP contribution in [0.4, 0.5) is 0 Å². The van der Waals surface area contributed by atoms with E-state index in [4.69, 9.17) is 16.1 Å². The van der Waals surface area contributed by atoms with Crippen molar-refractivity contribution in [2.24, 2.45) is 0 Å². The van der Waals surface area contributed by atoms with Crippen molar-refractivity contribution in [3.8, 4) is 11.5 Å². The average molecular weight is 292 g/mol. The van der Waals surface area contributed by atoms with Gasteiger partial charge < -0.3 is 4.52 Å². The van der Waals surface area contributed by atoms with Gasteiger partial charge in [-0.1, -0.05) is 37.5 Å². The van der Waals surface area contributed by atoms with Gasteiger partial charge in [0.05, 0.1) is 0 Å². The van der Waals surface area contributed by atoms with E-state index in [-0.39, 0.29) is 5.41 Å². The minimum absolute atomic E-state index is 0.113. The Morgan fingerprint density at radius 2 is 1.95 bits per heavy atom. The predicted octanol–water partition coefficient (Wildman–Crippen LogP) is 3.04. The summed E-state index contributed by atoms with van der Waals surface area (Å²) in [5.41, 5.74) is 2.14. The third-order valence-electron chi connectivity index (χ3n) is 3.01. The van der Waals surface area contributed by atoms with E-state index in [1.54, 1.807) is 10.6 Å². The summed E-state index contributed by atoms with van der Waals surface area (Å²) in [5.74, 6) is 1.22. The maximum atomic E-state index is 6.12. The lowest BCUT2D eigenvalue weighted by atomic mass is 9.88. The molecule has 0 spiro atoms. The Morgan fingerprint density at radius 1 is 1.20 bits per heavy atom. The number of aryl methyl sites for hydroxylation is 1. The van der Waals surface area contributed by atoms with Crippen molar-refractivity contribution in [3.63, 3.8) is 0 Å². The highest BCUT2D eigenvalue weighted by molar-refractivity contribution is 6.29. The minimum Gasteiger partial charge on any atom is -0.361 e. The normalized spacial score (nSPS) is 12.2. The minimum atomic E-state index is -0.113. The molecule has 3 aromatic heterocycles. The molecule has 0 N–H and O–H groups in total. The van der Waals surface area contributed by atoms with Gasteiger partial charge in [0.2, 0.25) is 5.82 Å². The van der Waals surface area contributed by atoms with Crippen molar-refractivity contribution in [3.05, 3.63) is 28.6 Å². The molecule has 20 heavy (non-hydrogen) atoms. The maximum Gasteiger partial charge on any atom is 0.207 e. The van der Waals surface area contributed by atoms with Gasteiger partial charge in [-0.05, 0) is 18.4 Å². The van der Waals surface area contributed by atoms with Gasteiger partial charge in [-0.15, -0.1) is 10.2 Å². The zero-order valence-corrected chi connectivity index (χ0v) is 12.4. The first kappa shape index (κ1) is 13.1. The summed E-state index contributed by atoms with van der Waals surface area (Å²) in [4.78, 5) is 0. The van der Waals surface area contributed by atoms with Crippen LogP contribution < -0.4 is 0 Å². The van der Waals surface area contributed by atoms with Crippen LogP contribution in [0.1, 0.15) is 32.1 Å². The second-order valence-corrected chi connectivity index (χ2v) is 6.10. The van der Waals surface area contributed by atoms with Crippen molar-refractivity contribution in [1.82, 2.24) is 25.0 Å². The molecular formula is C13H14ClN5O. The molecule has 3 rings (SSSR count). The van der Waals surface area contributed by atoms with E-state index in [9.17, 15) is 0 Å². The highest BCUT2D eigenvalue weighted by atomic mass is 35.5. The van der Waals surface area contributed by atoms with Crippen LogP contribution in [0.25, 0.3) is 17.2 Å². The highest BCUT2D eigenvalue weighted by Crippen LogP contribution is 2.29. The monoisotopic (exact) mass is 291 g/mol. The van der Waals surface area contributed by atoms with E-state index < -0.39 is 0 Å². The van der Waals surface area contributed by atoms with E-state index in [0.717, 1.165) is 5.56 Å². The van der Waals surface area contributed by atoms with Gasteiger partial charge in [-0.25, -0.2) is 0 Å². The molecule has 0 unspecified atom stereocenters. The summed E-state index contributed by atoms with van der Waals surface area (Å²) in [6.45, 7) is 8.09. The van der Waals surface area contributed by atoms with E-state index >= 15 is 0 Å². The van der Waals surface area contributed by atoms with E-state index in [1.807, 2.05) is 13.0 Å². The van der Waals surface area contributed by atoms with Crippen LogP contribution in [0.15, 0.2) is 16.7 Å². The second-order valence-electron chi connectivity index (χ2n) is 5.71. The Hall–Kier alpha value is -1.95. The average Bonchev–Trinajstić information content (AvgIpc) is 2.92. The number of rotatable bonds is 1. The SMILES string of the molecule is Cc1cc(-c2nnc3c(C(C)(C)C)cc(Cl)nn23)no1. The molecule has 0 saturated heterocycles.